The van der Waals surface area contributed by atoms with Crippen molar-refractivity contribution in [2.75, 3.05) is 0 Å². The Morgan fingerprint density at radius 3 is 2.42 bits per heavy atom. The first-order chi connectivity index (χ1) is 5.58. The topological polar surface area (TPSA) is 37.3 Å². The maximum atomic E-state index is 11.0. The number of hydrogen-bond donors (Lipinski definition) is 1. The molecule has 0 bridgehead atoms. The van der Waals surface area contributed by atoms with Gasteiger partial charge < -0.3 is 0 Å². The third kappa shape index (κ3) is 3.79. The summed E-state index contributed by atoms with van der Waals surface area (Å²) in [4.78, 5) is 0. The van der Waals surface area contributed by atoms with Crippen molar-refractivity contribution in [3.63, 3.8) is 0 Å². The molecule has 12 heavy (non-hydrogen) atoms. The molecule has 2 nitrogen and oxygen atoms in total. The van der Waals surface area contributed by atoms with Gasteiger partial charge in [-0.15, -0.1) is 0 Å². The first kappa shape index (κ1) is 9.63. The molecule has 1 rings (SSSR count). The van der Waals surface area contributed by atoms with E-state index in [0.29, 0.717) is 11.6 Å². The molecule has 3 heteroatoms. The average Bonchev–Trinajstić information content (AvgIpc) is 2.02. The van der Waals surface area contributed by atoms with Crippen LogP contribution >= 0.6 is 0 Å². The van der Waals surface area contributed by atoms with Gasteiger partial charge in [0.05, 0.1) is 0 Å². The molecule has 0 aliphatic heterocycles. The fraction of sp³-hybridized carbons (Fsp3) is 0.333. The van der Waals surface area contributed by atoms with Gasteiger partial charge in [0.25, 0.3) is 0 Å². The first-order valence-corrected chi connectivity index (χ1v) is 8.72. The van der Waals surface area contributed by atoms with Crippen molar-refractivity contribution in [1.29, 1.82) is 0 Å². The fourth-order valence-corrected chi connectivity index (χ4v) is 2.39. The Bertz CT molecular complexity index is 276. The van der Waals surface area contributed by atoms with E-state index in [9.17, 15) is 3.74 Å². The van der Waals surface area contributed by atoms with Crippen LogP contribution in [0, 0.1) is 0 Å². The van der Waals surface area contributed by atoms with E-state index in [1.165, 1.54) is 5.71 Å². The summed E-state index contributed by atoms with van der Waals surface area (Å²) >= 11 is -3.40. The van der Waals surface area contributed by atoms with Gasteiger partial charge in [0.2, 0.25) is 0 Å². The Hall–Kier alpha value is -0.462. The van der Waals surface area contributed by atoms with Crippen LogP contribution < -0.4 is 0 Å². The van der Waals surface area contributed by atoms with E-state index >= 15 is 0 Å². The van der Waals surface area contributed by atoms with Crippen molar-refractivity contribution in [1.82, 2.24) is 0 Å². The summed E-state index contributed by atoms with van der Waals surface area (Å²) in [7, 11) is 0. The van der Waals surface area contributed by atoms with Gasteiger partial charge in [0.15, 0.2) is 0 Å². The molecule has 1 aromatic carbocycles. The predicted octanol–water partition coefficient (Wildman–Crippen LogP) is 1.72. The third-order valence-corrected chi connectivity index (χ3v) is 3.87. The number of hydrogen-bond acceptors (Lipinski definition) is 1. The van der Waals surface area contributed by atoms with Crippen LogP contribution in [0.1, 0.15) is 5.56 Å². The Balaban J connectivity index is 2.50. The van der Waals surface area contributed by atoms with E-state index in [2.05, 4.69) is 0 Å². The Morgan fingerprint density at radius 2 is 1.92 bits per heavy atom. The second-order valence-electron chi connectivity index (χ2n) is 3.01. The summed E-state index contributed by atoms with van der Waals surface area (Å²) in [6.45, 7) is 0. The third-order valence-electron chi connectivity index (χ3n) is 1.66. The van der Waals surface area contributed by atoms with Gasteiger partial charge in [-0.05, 0) is 0 Å². The molecule has 1 unspecified atom stereocenters. The molecule has 0 aliphatic carbocycles. The molecule has 66 valence electrons. The quantitative estimate of drug-likeness (QED) is 0.800. The molecule has 1 atom stereocenters. The van der Waals surface area contributed by atoms with Crippen molar-refractivity contribution in [3.05, 3.63) is 35.9 Å². The molecule has 0 saturated carbocycles. The summed E-state index contributed by atoms with van der Waals surface area (Å²) in [5.41, 5.74) is 2.59. The zero-order chi connectivity index (χ0) is 9.03. The van der Waals surface area contributed by atoms with Crippen LogP contribution in [0.3, 0.4) is 0 Å². The maximum absolute atomic E-state index is 11.0. The van der Waals surface area contributed by atoms with E-state index in [1.807, 2.05) is 30.3 Å². The second kappa shape index (κ2) is 3.97. The Morgan fingerprint density at radius 1 is 1.33 bits per heavy atom. The summed E-state index contributed by atoms with van der Waals surface area (Å²) in [6.07, 6.45) is 0.713. The van der Waals surface area contributed by atoms with E-state index in [-0.39, 0.29) is 0 Å². The summed E-state index contributed by atoms with van der Waals surface area (Å²) < 4.78 is 20.1. The summed E-state index contributed by atoms with van der Waals surface area (Å²) in [6, 6.07) is 9.79. The SMILES string of the molecule is C[As](=O)(O)CCc1ccccc1. The molecule has 0 fully saturated rings. The molecule has 1 N–H and O–H groups in total. The van der Waals surface area contributed by atoms with E-state index < -0.39 is 13.8 Å². The van der Waals surface area contributed by atoms with Gasteiger partial charge in [-0.25, -0.2) is 0 Å². The van der Waals surface area contributed by atoms with Gasteiger partial charge in [-0.3, -0.25) is 0 Å². The Labute approximate surface area is 75.3 Å². The van der Waals surface area contributed by atoms with Crippen LogP contribution in [0.25, 0.3) is 0 Å². The molecule has 0 amide bonds. The van der Waals surface area contributed by atoms with Gasteiger partial charge in [0.1, 0.15) is 0 Å². The predicted molar refractivity (Wildman–Crippen MR) is 49.5 cm³/mol. The van der Waals surface area contributed by atoms with E-state index in [1.54, 1.807) is 0 Å². The standard InChI is InChI=1S/C9H13AsO2/c1-10(11,12)8-7-9-5-3-2-4-6-9/h2-6H,7-8H2,1H3,(H,11,12). The van der Waals surface area contributed by atoms with Gasteiger partial charge in [0, 0.05) is 0 Å². The molecule has 0 radical (unpaired) electrons. The fourth-order valence-electron chi connectivity index (χ4n) is 0.981. The molecule has 0 saturated heterocycles. The van der Waals surface area contributed by atoms with Crippen LogP contribution in [-0.2, 0) is 10.2 Å². The monoisotopic (exact) mass is 228 g/mol. The molecule has 0 aliphatic rings. The number of benzene rings is 1. The summed E-state index contributed by atoms with van der Waals surface area (Å²) in [5, 5.41) is 0.433. The van der Waals surface area contributed by atoms with E-state index in [4.69, 9.17) is 4.10 Å². The molecule has 1 aromatic rings. The minimum atomic E-state index is -3.40. The first-order valence-electron chi connectivity index (χ1n) is 3.91. The summed E-state index contributed by atoms with van der Waals surface area (Å²) in [5.74, 6) is 0. The normalized spacial score (nSPS) is 15.5. The molecular formula is C9H13AsO2. The number of aryl methyl sites for hydroxylation is 1. The van der Waals surface area contributed by atoms with Crippen molar-refractivity contribution < 1.29 is 7.84 Å². The second-order valence-corrected chi connectivity index (χ2v) is 8.36. The van der Waals surface area contributed by atoms with Crippen molar-refractivity contribution in [2.24, 2.45) is 0 Å². The molecule has 0 heterocycles. The average molecular weight is 228 g/mol. The van der Waals surface area contributed by atoms with Crippen molar-refractivity contribution >= 4 is 13.8 Å². The van der Waals surface area contributed by atoms with Crippen LogP contribution in [0.2, 0.25) is 10.9 Å². The van der Waals surface area contributed by atoms with Crippen LogP contribution in [0.15, 0.2) is 30.3 Å². The van der Waals surface area contributed by atoms with Gasteiger partial charge in [-0.1, -0.05) is 0 Å². The zero-order valence-corrected chi connectivity index (χ0v) is 8.98. The van der Waals surface area contributed by atoms with Crippen molar-refractivity contribution in [3.8, 4) is 0 Å². The number of rotatable bonds is 3. The van der Waals surface area contributed by atoms with Crippen LogP contribution in [-0.4, -0.2) is 17.9 Å². The van der Waals surface area contributed by atoms with Gasteiger partial charge in [-0.2, -0.15) is 0 Å². The molecular weight excluding hydrogens is 215 g/mol. The van der Waals surface area contributed by atoms with E-state index in [0.717, 1.165) is 5.56 Å². The van der Waals surface area contributed by atoms with Crippen LogP contribution in [0.4, 0.5) is 0 Å². The Kier molecular flexibility index (Phi) is 3.19. The minimum absolute atomic E-state index is 0.433. The van der Waals surface area contributed by atoms with Crippen LogP contribution in [0.5, 0.6) is 0 Å². The van der Waals surface area contributed by atoms with Gasteiger partial charge >= 0.3 is 74.9 Å². The molecule has 0 aromatic heterocycles. The zero-order valence-electron chi connectivity index (χ0n) is 7.10. The molecule has 0 spiro atoms. The van der Waals surface area contributed by atoms with Crippen molar-refractivity contribution in [2.45, 2.75) is 17.3 Å².